The maximum atomic E-state index is 13.0. The fraction of sp³-hybridized carbons (Fsp3) is 0.222. The van der Waals surface area contributed by atoms with Gasteiger partial charge in [0.15, 0.2) is 0 Å². The van der Waals surface area contributed by atoms with Crippen molar-refractivity contribution in [1.82, 2.24) is 28.0 Å². The second-order valence-corrected chi connectivity index (χ2v) is 10.6. The Morgan fingerprint density at radius 2 is 2.10 bits per heavy atom. The fourth-order valence-corrected chi connectivity index (χ4v) is 5.94. The zero-order valence-corrected chi connectivity index (χ0v) is 22.0. The second-order valence-electron chi connectivity index (χ2n) is 8.71. The average molecular weight is 546 g/mol. The van der Waals surface area contributed by atoms with Crippen molar-refractivity contribution in [1.29, 1.82) is 0 Å². The molecule has 1 aliphatic rings. The molecule has 2 N–H and O–H groups in total. The summed E-state index contributed by atoms with van der Waals surface area (Å²) in [5, 5.41) is 13.1. The third-order valence-electron chi connectivity index (χ3n) is 6.30. The number of rotatable bonds is 9. The molecule has 4 heterocycles. The van der Waals surface area contributed by atoms with E-state index in [4.69, 9.17) is 10.8 Å². The average Bonchev–Trinajstić information content (AvgIpc) is 3.60. The van der Waals surface area contributed by atoms with Crippen LogP contribution in [0, 0.1) is 12.3 Å². The summed E-state index contributed by atoms with van der Waals surface area (Å²) in [4.78, 5) is 13.5. The lowest BCUT2D eigenvalue weighted by molar-refractivity contribution is 0.456. The first kappa shape index (κ1) is 26.2. The van der Waals surface area contributed by atoms with Crippen molar-refractivity contribution in [2.45, 2.75) is 6.92 Å². The maximum absolute atomic E-state index is 13.0. The van der Waals surface area contributed by atoms with Crippen LogP contribution in [0.2, 0.25) is 0 Å². The number of nitrogens with zero attached hydrogens (tertiary/aromatic N) is 6. The first-order chi connectivity index (χ1) is 18.9. The van der Waals surface area contributed by atoms with E-state index >= 15 is 0 Å². The van der Waals surface area contributed by atoms with Gasteiger partial charge < -0.3 is 14.8 Å². The van der Waals surface area contributed by atoms with Crippen LogP contribution in [0.5, 0.6) is 5.75 Å². The van der Waals surface area contributed by atoms with E-state index in [-0.39, 0.29) is 18.8 Å². The van der Waals surface area contributed by atoms with E-state index in [1.807, 2.05) is 19.1 Å². The molecule has 0 radical (unpaired) electrons. The molecular formula is C27H27N7O4S. The lowest BCUT2D eigenvalue weighted by atomic mass is 10.1. The van der Waals surface area contributed by atoms with Gasteiger partial charge in [0.2, 0.25) is 5.95 Å². The molecule has 39 heavy (non-hydrogen) atoms. The first-order valence-electron chi connectivity index (χ1n) is 12.3. The Morgan fingerprint density at radius 3 is 2.90 bits per heavy atom. The van der Waals surface area contributed by atoms with Crippen LogP contribution >= 0.6 is 0 Å². The molecule has 0 bridgehead atoms. The molecule has 0 spiro atoms. The number of allylic oxidation sites excluding steroid dienone is 2. The largest absolute Gasteiger partial charge is 0.508 e. The Balaban J connectivity index is 1.30. The molecule has 1 aromatic carbocycles. The number of anilines is 1. The standard InChI is InChI=1S/C27H27N7O4S/c1-3-5-7-20(4-2)19-33-15-14-32(39(33,36)37)13-12-29-26-28-11-10-23(30-26)25-24(21-8-6-9-22(35)18-21)31-27-34(25)16-17-38-27/h1,4-11,16-18,35H,12-15,19H2,2H3,(H,28,29,30)/b7-5-,20-4+. The summed E-state index contributed by atoms with van der Waals surface area (Å²) in [6.07, 6.45) is 15.3. The zero-order valence-electron chi connectivity index (χ0n) is 21.2. The number of terminal acetylenes is 1. The quantitative estimate of drug-likeness (QED) is 0.242. The number of aromatic nitrogens is 4. The molecule has 3 aromatic heterocycles. The van der Waals surface area contributed by atoms with E-state index in [0.29, 0.717) is 54.1 Å². The molecule has 1 saturated heterocycles. The lowest BCUT2D eigenvalue weighted by Crippen LogP contribution is -2.36. The minimum atomic E-state index is -3.60. The van der Waals surface area contributed by atoms with Crippen molar-refractivity contribution in [2.75, 3.05) is 38.0 Å². The lowest BCUT2D eigenvalue weighted by Gasteiger charge is -2.19. The van der Waals surface area contributed by atoms with Crippen LogP contribution in [0.3, 0.4) is 0 Å². The van der Waals surface area contributed by atoms with Gasteiger partial charge in [-0.25, -0.2) is 9.97 Å². The van der Waals surface area contributed by atoms with Gasteiger partial charge in [-0.2, -0.15) is 22.0 Å². The smallest absolute Gasteiger partial charge is 0.306 e. The highest BCUT2D eigenvalue weighted by molar-refractivity contribution is 7.87. The van der Waals surface area contributed by atoms with E-state index in [1.165, 1.54) is 14.9 Å². The molecule has 200 valence electrons. The van der Waals surface area contributed by atoms with Gasteiger partial charge in [0.1, 0.15) is 23.4 Å². The molecular weight excluding hydrogens is 518 g/mol. The number of phenolic OH excluding ortho intramolecular Hbond substituents is 1. The monoisotopic (exact) mass is 545 g/mol. The molecule has 0 saturated carbocycles. The highest BCUT2D eigenvalue weighted by atomic mass is 32.2. The number of hydrogen-bond donors (Lipinski definition) is 2. The molecule has 0 unspecified atom stereocenters. The molecule has 0 amide bonds. The summed E-state index contributed by atoms with van der Waals surface area (Å²) in [6.45, 7) is 3.48. The third kappa shape index (κ3) is 5.42. The normalized spacial score (nSPS) is 16.3. The Morgan fingerprint density at radius 1 is 1.26 bits per heavy atom. The number of fused-ring (bicyclic) bond motifs is 1. The zero-order chi connectivity index (χ0) is 27.4. The number of phenols is 1. The molecule has 1 aliphatic heterocycles. The van der Waals surface area contributed by atoms with E-state index in [1.54, 1.807) is 53.2 Å². The predicted molar refractivity (Wildman–Crippen MR) is 148 cm³/mol. The van der Waals surface area contributed by atoms with Gasteiger partial charge in [-0.15, -0.1) is 6.42 Å². The highest BCUT2D eigenvalue weighted by Crippen LogP contribution is 2.33. The highest BCUT2D eigenvalue weighted by Gasteiger charge is 2.36. The number of oxazole rings is 1. The summed E-state index contributed by atoms with van der Waals surface area (Å²) in [5.41, 5.74) is 3.38. The number of nitrogens with one attached hydrogen (secondary N) is 1. The van der Waals surface area contributed by atoms with E-state index in [2.05, 4.69) is 26.2 Å². The van der Waals surface area contributed by atoms with Gasteiger partial charge in [0, 0.05) is 50.7 Å². The van der Waals surface area contributed by atoms with Gasteiger partial charge in [0.05, 0.1) is 5.69 Å². The molecule has 1 fully saturated rings. The summed E-state index contributed by atoms with van der Waals surface area (Å²) >= 11 is 0. The number of imidazole rings is 1. The fourth-order valence-electron chi connectivity index (χ4n) is 4.36. The van der Waals surface area contributed by atoms with Crippen molar-refractivity contribution >= 4 is 22.0 Å². The van der Waals surface area contributed by atoms with Crippen LogP contribution in [0.4, 0.5) is 5.95 Å². The number of benzene rings is 1. The van der Waals surface area contributed by atoms with Crippen LogP contribution in [0.25, 0.3) is 28.5 Å². The minimum absolute atomic E-state index is 0.120. The topological polar surface area (TPSA) is 129 Å². The summed E-state index contributed by atoms with van der Waals surface area (Å²) < 4.78 is 36.2. The minimum Gasteiger partial charge on any atom is -0.508 e. The van der Waals surface area contributed by atoms with E-state index in [0.717, 1.165) is 5.57 Å². The van der Waals surface area contributed by atoms with Crippen LogP contribution in [-0.4, -0.2) is 74.2 Å². The van der Waals surface area contributed by atoms with Gasteiger partial charge >= 0.3 is 5.84 Å². The Bertz CT molecular complexity index is 1700. The predicted octanol–water partition coefficient (Wildman–Crippen LogP) is 3.17. The third-order valence-corrected chi connectivity index (χ3v) is 8.28. The SMILES string of the molecule is C#C/C=C\C(=C/C)CN1CCN(CCNc2nccc(-c3c(-c4cccc(O)c4)nc4occn34)n2)S1(=O)=O. The molecule has 11 nitrogen and oxygen atoms in total. The Labute approximate surface area is 226 Å². The molecule has 0 aliphatic carbocycles. The van der Waals surface area contributed by atoms with Crippen molar-refractivity contribution in [3.05, 3.63) is 72.8 Å². The summed E-state index contributed by atoms with van der Waals surface area (Å²) in [5.74, 6) is 3.27. The van der Waals surface area contributed by atoms with Gasteiger partial charge in [-0.3, -0.25) is 4.40 Å². The maximum Gasteiger partial charge on any atom is 0.306 e. The van der Waals surface area contributed by atoms with E-state index in [9.17, 15) is 13.5 Å². The van der Waals surface area contributed by atoms with Crippen molar-refractivity contribution in [2.24, 2.45) is 0 Å². The molecule has 5 rings (SSSR count). The Kier molecular flexibility index (Phi) is 7.47. The Hall–Kier alpha value is -4.44. The van der Waals surface area contributed by atoms with Gasteiger partial charge in [0.25, 0.3) is 10.2 Å². The summed E-state index contributed by atoms with van der Waals surface area (Å²) in [7, 11) is -3.60. The first-order valence-corrected chi connectivity index (χ1v) is 13.7. The number of hydrogen-bond acceptors (Lipinski definition) is 8. The van der Waals surface area contributed by atoms with Crippen LogP contribution in [0.15, 0.2) is 77.2 Å². The molecule has 0 atom stereocenters. The van der Waals surface area contributed by atoms with Crippen molar-refractivity contribution < 1.29 is 17.9 Å². The van der Waals surface area contributed by atoms with Crippen molar-refractivity contribution in [3.63, 3.8) is 0 Å². The molecule has 4 aromatic rings. The van der Waals surface area contributed by atoms with Crippen LogP contribution in [0.1, 0.15) is 6.92 Å². The van der Waals surface area contributed by atoms with Crippen molar-refractivity contribution in [3.8, 4) is 40.7 Å². The van der Waals surface area contributed by atoms with E-state index < -0.39 is 10.2 Å². The van der Waals surface area contributed by atoms with Gasteiger partial charge in [-0.05, 0) is 42.8 Å². The second kappa shape index (κ2) is 11.1. The van der Waals surface area contributed by atoms with Crippen LogP contribution in [-0.2, 0) is 10.2 Å². The van der Waals surface area contributed by atoms with Gasteiger partial charge in [-0.1, -0.05) is 24.1 Å². The summed E-state index contributed by atoms with van der Waals surface area (Å²) in [6, 6.07) is 8.55. The molecule has 12 heteroatoms. The van der Waals surface area contributed by atoms with Crippen LogP contribution < -0.4 is 5.32 Å². The number of aromatic hydroxyl groups is 1.